The average Bonchev–Trinajstić information content (AvgIpc) is 2.03. The minimum atomic E-state index is -0.157. The van der Waals surface area contributed by atoms with Crippen LogP contribution in [-0.4, -0.2) is 34.7 Å². The van der Waals surface area contributed by atoms with E-state index in [0.717, 1.165) is 19.5 Å². The van der Waals surface area contributed by atoms with Crippen molar-refractivity contribution < 1.29 is 5.11 Å². The third-order valence-corrected chi connectivity index (χ3v) is 3.94. The highest BCUT2D eigenvalue weighted by atomic mass is 16.3. The number of β-amino-alcohol motifs (C(OH)–C–C–N with tert-alkyl or cyclic N) is 1. The molecule has 13 heavy (non-hydrogen) atoms. The van der Waals surface area contributed by atoms with Gasteiger partial charge in [-0.2, -0.15) is 0 Å². The second-order valence-corrected chi connectivity index (χ2v) is 5.39. The molecule has 78 valence electrons. The van der Waals surface area contributed by atoms with E-state index in [1.54, 1.807) is 0 Å². The van der Waals surface area contributed by atoms with Crippen molar-refractivity contribution in [3.63, 3.8) is 0 Å². The minimum absolute atomic E-state index is 0.157. The molecule has 0 unspecified atom stereocenters. The van der Waals surface area contributed by atoms with Gasteiger partial charge in [0.2, 0.25) is 0 Å². The van der Waals surface area contributed by atoms with Crippen molar-refractivity contribution >= 4 is 0 Å². The Labute approximate surface area is 81.9 Å². The van der Waals surface area contributed by atoms with Gasteiger partial charge in [0.05, 0.1) is 6.10 Å². The Morgan fingerprint density at radius 2 is 1.85 bits per heavy atom. The number of rotatable bonds is 3. The summed E-state index contributed by atoms with van der Waals surface area (Å²) < 4.78 is 0. The van der Waals surface area contributed by atoms with E-state index in [1.165, 1.54) is 0 Å². The van der Waals surface area contributed by atoms with Gasteiger partial charge in [-0.05, 0) is 25.7 Å². The van der Waals surface area contributed by atoms with Gasteiger partial charge < -0.3 is 5.11 Å². The molecule has 0 bridgehead atoms. The third-order valence-electron chi connectivity index (χ3n) is 3.94. The van der Waals surface area contributed by atoms with Crippen molar-refractivity contribution in [3.05, 3.63) is 0 Å². The van der Waals surface area contributed by atoms with Crippen LogP contribution in [-0.2, 0) is 0 Å². The third kappa shape index (κ3) is 1.75. The first-order valence-corrected chi connectivity index (χ1v) is 5.24. The van der Waals surface area contributed by atoms with E-state index in [-0.39, 0.29) is 11.6 Å². The molecule has 1 N–H and O–H groups in total. The first-order valence-electron chi connectivity index (χ1n) is 5.24. The lowest BCUT2D eigenvalue weighted by molar-refractivity contribution is -0.131. The van der Waals surface area contributed by atoms with Gasteiger partial charge in [-0.3, -0.25) is 4.90 Å². The maximum Gasteiger partial charge on any atom is 0.0664 e. The predicted octanol–water partition coefficient (Wildman–Crippen LogP) is 1.88. The van der Waals surface area contributed by atoms with Gasteiger partial charge in [-0.15, -0.1) is 0 Å². The van der Waals surface area contributed by atoms with Crippen LogP contribution in [0.15, 0.2) is 0 Å². The topological polar surface area (TPSA) is 23.5 Å². The van der Waals surface area contributed by atoms with Crippen molar-refractivity contribution in [2.45, 2.75) is 52.7 Å². The van der Waals surface area contributed by atoms with Crippen LogP contribution >= 0.6 is 0 Å². The summed E-state index contributed by atoms with van der Waals surface area (Å²) in [6, 6.07) is 0. The van der Waals surface area contributed by atoms with Gasteiger partial charge >= 0.3 is 0 Å². The lowest BCUT2D eigenvalue weighted by atomic mass is 9.65. The molecule has 1 rings (SSSR count). The zero-order chi connectivity index (χ0) is 10.3. The van der Waals surface area contributed by atoms with E-state index in [1.807, 2.05) is 6.92 Å². The monoisotopic (exact) mass is 185 g/mol. The van der Waals surface area contributed by atoms with Gasteiger partial charge in [-0.1, -0.05) is 20.8 Å². The summed E-state index contributed by atoms with van der Waals surface area (Å²) in [6.45, 7) is 13.1. The lowest BCUT2D eigenvalue weighted by Crippen LogP contribution is -2.70. The zero-order valence-electron chi connectivity index (χ0n) is 9.59. The largest absolute Gasteiger partial charge is 0.392 e. The Bertz CT molecular complexity index is 187. The highest BCUT2D eigenvalue weighted by molar-refractivity contribution is 5.06. The summed E-state index contributed by atoms with van der Waals surface area (Å²) >= 11 is 0. The molecule has 1 heterocycles. The molecule has 0 aromatic carbocycles. The summed E-state index contributed by atoms with van der Waals surface area (Å²) in [7, 11) is 0. The molecule has 1 fully saturated rings. The lowest BCUT2D eigenvalue weighted by Gasteiger charge is -2.62. The Morgan fingerprint density at radius 1 is 1.31 bits per heavy atom. The molecule has 0 spiro atoms. The van der Waals surface area contributed by atoms with E-state index in [4.69, 9.17) is 0 Å². The number of likely N-dealkylation sites (tertiary alicyclic amines) is 1. The first kappa shape index (κ1) is 11.0. The van der Waals surface area contributed by atoms with Crippen molar-refractivity contribution in [2.24, 2.45) is 5.41 Å². The van der Waals surface area contributed by atoms with Crippen LogP contribution in [0.4, 0.5) is 0 Å². The molecule has 1 saturated heterocycles. The fraction of sp³-hybridized carbons (Fsp3) is 1.00. The van der Waals surface area contributed by atoms with E-state index >= 15 is 0 Å². The zero-order valence-corrected chi connectivity index (χ0v) is 9.59. The van der Waals surface area contributed by atoms with Gasteiger partial charge in [0, 0.05) is 18.6 Å². The van der Waals surface area contributed by atoms with E-state index in [2.05, 4.69) is 32.6 Å². The quantitative estimate of drug-likeness (QED) is 0.725. The maximum atomic E-state index is 9.55. The van der Waals surface area contributed by atoms with E-state index in [0.29, 0.717) is 5.41 Å². The van der Waals surface area contributed by atoms with Crippen LogP contribution in [0.1, 0.15) is 41.0 Å². The van der Waals surface area contributed by atoms with Crippen molar-refractivity contribution in [1.29, 1.82) is 0 Å². The number of aliphatic hydroxyl groups excluding tert-OH is 1. The minimum Gasteiger partial charge on any atom is -0.392 e. The molecule has 2 heteroatoms. The standard InChI is InChI=1S/C11H23NO/c1-6-9(13)7-12-8-10(2,3)11(12,4)5/h9,13H,6-8H2,1-5H3/t9-/m1/s1. The fourth-order valence-electron chi connectivity index (χ4n) is 1.88. The summed E-state index contributed by atoms with van der Waals surface area (Å²) in [6.07, 6.45) is 0.697. The maximum absolute atomic E-state index is 9.55. The van der Waals surface area contributed by atoms with Gasteiger partial charge in [0.15, 0.2) is 0 Å². The SMILES string of the molecule is CC[C@@H](O)CN1CC(C)(C)C1(C)C. The molecule has 0 aromatic rings. The van der Waals surface area contributed by atoms with Gasteiger partial charge in [-0.25, -0.2) is 0 Å². The van der Waals surface area contributed by atoms with Crippen molar-refractivity contribution in [2.75, 3.05) is 13.1 Å². The molecule has 0 aromatic heterocycles. The van der Waals surface area contributed by atoms with Crippen LogP contribution in [0, 0.1) is 5.41 Å². The molecule has 0 aliphatic carbocycles. The summed E-state index contributed by atoms with van der Waals surface area (Å²) in [4.78, 5) is 2.38. The van der Waals surface area contributed by atoms with Gasteiger partial charge in [0.1, 0.15) is 0 Å². The Morgan fingerprint density at radius 3 is 2.15 bits per heavy atom. The fourth-order valence-corrected chi connectivity index (χ4v) is 1.88. The smallest absolute Gasteiger partial charge is 0.0664 e. The molecule has 1 aliphatic heterocycles. The van der Waals surface area contributed by atoms with E-state index < -0.39 is 0 Å². The number of aliphatic hydroxyl groups is 1. The average molecular weight is 185 g/mol. The molecular formula is C11H23NO. The van der Waals surface area contributed by atoms with Crippen molar-refractivity contribution in [1.82, 2.24) is 4.90 Å². The molecule has 0 saturated carbocycles. The van der Waals surface area contributed by atoms with Crippen LogP contribution in [0.5, 0.6) is 0 Å². The Hall–Kier alpha value is -0.0800. The van der Waals surface area contributed by atoms with Gasteiger partial charge in [0.25, 0.3) is 0 Å². The summed E-state index contributed by atoms with van der Waals surface area (Å²) in [5.74, 6) is 0. The number of hydrogen-bond donors (Lipinski definition) is 1. The van der Waals surface area contributed by atoms with Crippen LogP contribution in [0.2, 0.25) is 0 Å². The van der Waals surface area contributed by atoms with Crippen LogP contribution in [0.25, 0.3) is 0 Å². The summed E-state index contributed by atoms with van der Waals surface area (Å²) in [5.41, 5.74) is 0.629. The second-order valence-electron chi connectivity index (χ2n) is 5.39. The molecular weight excluding hydrogens is 162 g/mol. The highest BCUT2D eigenvalue weighted by Crippen LogP contribution is 2.46. The predicted molar refractivity (Wildman–Crippen MR) is 55.7 cm³/mol. The van der Waals surface area contributed by atoms with Crippen molar-refractivity contribution in [3.8, 4) is 0 Å². The van der Waals surface area contributed by atoms with Crippen LogP contribution in [0.3, 0.4) is 0 Å². The molecule has 0 radical (unpaired) electrons. The highest BCUT2D eigenvalue weighted by Gasteiger charge is 2.52. The normalized spacial score (nSPS) is 28.2. The summed E-state index contributed by atoms with van der Waals surface area (Å²) in [5, 5.41) is 9.55. The molecule has 0 amide bonds. The molecule has 1 atom stereocenters. The van der Waals surface area contributed by atoms with E-state index in [9.17, 15) is 5.11 Å². The van der Waals surface area contributed by atoms with Crippen LogP contribution < -0.4 is 0 Å². The Kier molecular flexibility index (Phi) is 2.75. The Balaban J connectivity index is 2.49. The first-order chi connectivity index (χ1) is 5.81. The number of hydrogen-bond acceptors (Lipinski definition) is 2. The molecule has 1 aliphatic rings. The number of nitrogens with zero attached hydrogens (tertiary/aromatic N) is 1. The second kappa shape index (κ2) is 3.25. The molecule has 2 nitrogen and oxygen atoms in total.